The van der Waals surface area contributed by atoms with E-state index in [2.05, 4.69) is 20.7 Å². The molecule has 1 saturated heterocycles. The summed E-state index contributed by atoms with van der Waals surface area (Å²) < 4.78 is 16.2. The van der Waals surface area contributed by atoms with Crippen LogP contribution in [-0.2, 0) is 4.74 Å². The molecule has 1 aliphatic rings. The molecule has 2 aromatic rings. The standard InChI is InChI=1S/C17H20N4O3S/c1-22-14-4-2-13(3-5-14)19-17(25)20-18-12-15-6-7-16(24-15)21-8-10-23-11-9-21/h2-7,12H,8-11H2,1H3,(H2,19,20,25). The Bertz CT molecular complexity index is 724. The van der Waals surface area contributed by atoms with Gasteiger partial charge in [0, 0.05) is 24.8 Å². The molecule has 0 radical (unpaired) electrons. The maximum Gasteiger partial charge on any atom is 0.196 e. The van der Waals surface area contributed by atoms with E-state index in [-0.39, 0.29) is 0 Å². The normalized spacial score (nSPS) is 14.5. The van der Waals surface area contributed by atoms with Gasteiger partial charge in [-0.3, -0.25) is 5.43 Å². The molecule has 0 unspecified atom stereocenters. The van der Waals surface area contributed by atoms with Gasteiger partial charge in [-0.25, -0.2) is 0 Å². The van der Waals surface area contributed by atoms with Crippen molar-refractivity contribution < 1.29 is 13.9 Å². The first-order valence-electron chi connectivity index (χ1n) is 7.91. The molecule has 132 valence electrons. The van der Waals surface area contributed by atoms with Gasteiger partial charge >= 0.3 is 0 Å². The van der Waals surface area contributed by atoms with Crippen molar-refractivity contribution in [3.63, 3.8) is 0 Å². The SMILES string of the molecule is COc1ccc(NC(=S)NN=Cc2ccc(N3CCOCC3)o2)cc1. The van der Waals surface area contributed by atoms with E-state index in [1.165, 1.54) is 0 Å². The summed E-state index contributed by atoms with van der Waals surface area (Å²) in [5, 5.41) is 7.51. The fourth-order valence-corrected chi connectivity index (χ4v) is 2.52. The second-order valence-corrected chi connectivity index (χ2v) is 5.74. The Balaban J connectivity index is 1.48. The fourth-order valence-electron chi connectivity index (χ4n) is 2.35. The lowest BCUT2D eigenvalue weighted by Crippen LogP contribution is -2.35. The molecule has 0 aliphatic carbocycles. The summed E-state index contributed by atoms with van der Waals surface area (Å²) >= 11 is 5.20. The second-order valence-electron chi connectivity index (χ2n) is 5.33. The van der Waals surface area contributed by atoms with Crippen molar-refractivity contribution in [3.05, 3.63) is 42.2 Å². The first-order chi connectivity index (χ1) is 12.2. The highest BCUT2D eigenvalue weighted by Crippen LogP contribution is 2.18. The van der Waals surface area contributed by atoms with E-state index in [0.29, 0.717) is 10.9 Å². The minimum Gasteiger partial charge on any atom is -0.497 e. The third-order valence-corrected chi connectivity index (χ3v) is 3.83. The van der Waals surface area contributed by atoms with Gasteiger partial charge in [0.15, 0.2) is 11.0 Å². The van der Waals surface area contributed by atoms with Crippen molar-refractivity contribution >= 4 is 35.1 Å². The third-order valence-electron chi connectivity index (χ3n) is 3.64. The molecule has 1 fully saturated rings. The molecule has 0 bridgehead atoms. The molecule has 0 saturated carbocycles. The van der Waals surface area contributed by atoms with Crippen LogP contribution in [0.5, 0.6) is 5.75 Å². The predicted octanol–water partition coefficient (Wildman–Crippen LogP) is 2.45. The van der Waals surface area contributed by atoms with Crippen LogP contribution in [0.1, 0.15) is 5.76 Å². The monoisotopic (exact) mass is 360 g/mol. The van der Waals surface area contributed by atoms with E-state index >= 15 is 0 Å². The van der Waals surface area contributed by atoms with Gasteiger partial charge in [-0.1, -0.05) is 0 Å². The zero-order valence-corrected chi connectivity index (χ0v) is 14.7. The number of anilines is 2. The number of thiocarbonyl (C=S) groups is 1. The Morgan fingerprint density at radius 1 is 1.20 bits per heavy atom. The Labute approximate surface area is 151 Å². The van der Waals surface area contributed by atoms with Crippen LogP contribution in [0, 0.1) is 0 Å². The lowest BCUT2D eigenvalue weighted by molar-refractivity contribution is 0.120. The predicted molar refractivity (Wildman–Crippen MR) is 102 cm³/mol. The molecule has 0 spiro atoms. The summed E-state index contributed by atoms with van der Waals surface area (Å²) in [4.78, 5) is 2.14. The smallest absolute Gasteiger partial charge is 0.196 e. The van der Waals surface area contributed by atoms with Gasteiger partial charge in [0.05, 0.1) is 26.5 Å². The number of nitrogens with zero attached hydrogens (tertiary/aromatic N) is 2. The number of hydrazone groups is 1. The van der Waals surface area contributed by atoms with E-state index in [1.54, 1.807) is 13.3 Å². The molecule has 2 heterocycles. The summed E-state index contributed by atoms with van der Waals surface area (Å²) in [5.41, 5.74) is 3.61. The van der Waals surface area contributed by atoms with Crippen LogP contribution < -0.4 is 20.4 Å². The molecule has 7 nitrogen and oxygen atoms in total. The van der Waals surface area contributed by atoms with Gasteiger partial charge in [0.2, 0.25) is 0 Å². The van der Waals surface area contributed by atoms with Crippen LogP contribution in [0.2, 0.25) is 0 Å². The number of rotatable bonds is 5. The average molecular weight is 360 g/mol. The number of ether oxygens (including phenoxy) is 2. The Kier molecular flexibility index (Phi) is 5.86. The quantitative estimate of drug-likeness (QED) is 0.482. The van der Waals surface area contributed by atoms with E-state index in [9.17, 15) is 0 Å². The maximum atomic E-state index is 5.75. The maximum absolute atomic E-state index is 5.75. The number of morpholine rings is 1. The molecular weight excluding hydrogens is 340 g/mol. The molecule has 3 rings (SSSR count). The third kappa shape index (κ3) is 4.94. The van der Waals surface area contributed by atoms with E-state index < -0.39 is 0 Å². The second kappa shape index (κ2) is 8.50. The van der Waals surface area contributed by atoms with Crippen LogP contribution in [-0.4, -0.2) is 44.7 Å². The first-order valence-corrected chi connectivity index (χ1v) is 8.32. The van der Waals surface area contributed by atoms with Crippen molar-refractivity contribution in [2.24, 2.45) is 5.10 Å². The highest BCUT2D eigenvalue weighted by Gasteiger charge is 2.14. The van der Waals surface area contributed by atoms with Gasteiger partial charge in [0.1, 0.15) is 11.5 Å². The summed E-state index contributed by atoms with van der Waals surface area (Å²) in [6, 6.07) is 11.3. The van der Waals surface area contributed by atoms with Gasteiger partial charge in [0.25, 0.3) is 0 Å². The molecule has 1 aromatic carbocycles. The van der Waals surface area contributed by atoms with Crippen LogP contribution in [0.15, 0.2) is 45.9 Å². The van der Waals surface area contributed by atoms with Gasteiger partial charge in [-0.05, 0) is 42.5 Å². The number of furan rings is 1. The summed E-state index contributed by atoms with van der Waals surface area (Å²) in [6.07, 6.45) is 1.59. The van der Waals surface area contributed by atoms with Crippen molar-refractivity contribution in [1.82, 2.24) is 5.43 Å². The lowest BCUT2D eigenvalue weighted by atomic mass is 10.3. The zero-order valence-electron chi connectivity index (χ0n) is 13.9. The number of hydrogen-bond acceptors (Lipinski definition) is 6. The largest absolute Gasteiger partial charge is 0.497 e. The number of hydrogen-bond donors (Lipinski definition) is 2. The van der Waals surface area contributed by atoms with Crippen LogP contribution in [0.25, 0.3) is 0 Å². The molecular formula is C17H20N4O3S. The highest BCUT2D eigenvalue weighted by molar-refractivity contribution is 7.80. The topological polar surface area (TPSA) is 71.3 Å². The molecule has 0 atom stereocenters. The zero-order chi connectivity index (χ0) is 17.5. The Morgan fingerprint density at radius 3 is 2.68 bits per heavy atom. The fraction of sp³-hybridized carbons (Fsp3) is 0.294. The Hall–Kier alpha value is -2.58. The highest BCUT2D eigenvalue weighted by atomic mass is 32.1. The first kappa shape index (κ1) is 17.2. The summed E-state index contributed by atoms with van der Waals surface area (Å²) in [5.74, 6) is 2.27. The summed E-state index contributed by atoms with van der Waals surface area (Å²) in [6.45, 7) is 3.10. The van der Waals surface area contributed by atoms with Gasteiger partial charge in [-0.2, -0.15) is 5.10 Å². The van der Waals surface area contributed by atoms with Gasteiger partial charge < -0.3 is 24.1 Å². The molecule has 2 N–H and O–H groups in total. The minimum atomic E-state index is 0.390. The van der Waals surface area contributed by atoms with E-state index in [0.717, 1.165) is 43.6 Å². The number of methoxy groups -OCH3 is 1. The molecule has 0 amide bonds. The van der Waals surface area contributed by atoms with Crippen molar-refractivity contribution in [2.75, 3.05) is 43.6 Å². The van der Waals surface area contributed by atoms with Crippen LogP contribution in [0.3, 0.4) is 0 Å². The minimum absolute atomic E-state index is 0.390. The van der Waals surface area contributed by atoms with E-state index in [4.69, 9.17) is 26.1 Å². The van der Waals surface area contributed by atoms with Crippen molar-refractivity contribution in [1.29, 1.82) is 0 Å². The van der Waals surface area contributed by atoms with E-state index in [1.807, 2.05) is 36.4 Å². The summed E-state index contributed by atoms with van der Waals surface area (Å²) in [7, 11) is 1.63. The molecule has 1 aliphatic heterocycles. The number of benzene rings is 1. The number of nitrogens with one attached hydrogen (secondary N) is 2. The molecule has 8 heteroatoms. The Morgan fingerprint density at radius 2 is 1.96 bits per heavy atom. The average Bonchev–Trinajstić information content (AvgIpc) is 3.12. The molecule has 25 heavy (non-hydrogen) atoms. The van der Waals surface area contributed by atoms with Gasteiger partial charge in [-0.15, -0.1) is 0 Å². The van der Waals surface area contributed by atoms with Crippen LogP contribution >= 0.6 is 12.2 Å². The van der Waals surface area contributed by atoms with Crippen LogP contribution in [0.4, 0.5) is 11.6 Å². The van der Waals surface area contributed by atoms with Crippen molar-refractivity contribution in [3.8, 4) is 5.75 Å². The van der Waals surface area contributed by atoms with Crippen molar-refractivity contribution in [2.45, 2.75) is 0 Å². The lowest BCUT2D eigenvalue weighted by Gasteiger charge is -2.26. The molecule has 1 aromatic heterocycles.